The standard InChI is InChI=1S/C19H19BrFN3/c20-17(18(22)16-10-3-4-11-23-16)19(13-7-5-8-13)24-12-14-6-1-2-9-15(14)21/h1-4,6,9-11,13,22,24H,5,7-8,12H2/b19-17+,22-18?. The molecular weight excluding hydrogens is 369 g/mol. The average Bonchev–Trinajstić information content (AvgIpc) is 2.57. The van der Waals surface area contributed by atoms with Crippen LogP contribution < -0.4 is 5.32 Å². The quantitative estimate of drug-likeness (QED) is 0.700. The SMILES string of the molecule is N=C(/C(Br)=C(\NCc1ccccc1F)C1CCC1)c1ccccn1. The lowest BCUT2D eigenvalue weighted by molar-refractivity contribution is 0.348. The summed E-state index contributed by atoms with van der Waals surface area (Å²) in [6.45, 7) is 0.406. The summed E-state index contributed by atoms with van der Waals surface area (Å²) in [6.07, 6.45) is 5.04. The van der Waals surface area contributed by atoms with Crippen LogP contribution in [0.4, 0.5) is 4.39 Å². The van der Waals surface area contributed by atoms with Crippen LogP contribution in [-0.4, -0.2) is 10.7 Å². The first-order valence-corrected chi connectivity index (χ1v) is 8.83. The minimum absolute atomic E-state index is 0.214. The van der Waals surface area contributed by atoms with E-state index in [1.54, 1.807) is 18.3 Å². The van der Waals surface area contributed by atoms with E-state index in [0.29, 0.717) is 33.9 Å². The second-order valence-corrected chi connectivity index (χ2v) is 6.68. The maximum atomic E-state index is 13.8. The highest BCUT2D eigenvalue weighted by Crippen LogP contribution is 2.35. The summed E-state index contributed by atoms with van der Waals surface area (Å²) >= 11 is 3.57. The highest BCUT2D eigenvalue weighted by atomic mass is 79.9. The van der Waals surface area contributed by atoms with Crippen LogP contribution >= 0.6 is 15.9 Å². The predicted molar refractivity (Wildman–Crippen MR) is 97.6 cm³/mol. The molecule has 1 saturated carbocycles. The molecule has 0 radical (unpaired) electrons. The number of hydrogen-bond acceptors (Lipinski definition) is 3. The molecule has 3 nitrogen and oxygen atoms in total. The van der Waals surface area contributed by atoms with Gasteiger partial charge < -0.3 is 5.32 Å². The fourth-order valence-corrected chi connectivity index (χ4v) is 3.36. The van der Waals surface area contributed by atoms with Gasteiger partial charge >= 0.3 is 0 Å². The molecule has 24 heavy (non-hydrogen) atoms. The zero-order valence-corrected chi connectivity index (χ0v) is 14.8. The molecule has 3 rings (SSSR count). The molecule has 0 atom stereocenters. The summed E-state index contributed by atoms with van der Waals surface area (Å²) in [5.41, 5.74) is 2.56. The third-order valence-electron chi connectivity index (χ3n) is 4.32. The second kappa shape index (κ2) is 7.71. The third-order valence-corrected chi connectivity index (χ3v) is 5.14. The van der Waals surface area contributed by atoms with E-state index in [1.807, 2.05) is 24.3 Å². The molecule has 0 aliphatic heterocycles. The summed E-state index contributed by atoms with van der Waals surface area (Å²) in [6, 6.07) is 12.3. The highest BCUT2D eigenvalue weighted by Gasteiger charge is 2.26. The Hall–Kier alpha value is -2.01. The van der Waals surface area contributed by atoms with Crippen molar-refractivity contribution in [3.8, 4) is 0 Å². The number of rotatable bonds is 6. The molecule has 2 N–H and O–H groups in total. The fraction of sp³-hybridized carbons (Fsp3) is 0.263. The molecule has 124 valence electrons. The van der Waals surface area contributed by atoms with Gasteiger partial charge in [-0.3, -0.25) is 10.4 Å². The molecule has 1 fully saturated rings. The van der Waals surface area contributed by atoms with Crippen LogP contribution in [0, 0.1) is 17.1 Å². The first-order chi connectivity index (χ1) is 11.7. The predicted octanol–water partition coefficient (Wildman–Crippen LogP) is 4.78. The van der Waals surface area contributed by atoms with Crippen molar-refractivity contribution < 1.29 is 4.39 Å². The van der Waals surface area contributed by atoms with Crippen LogP contribution in [0.15, 0.2) is 58.8 Å². The van der Waals surface area contributed by atoms with E-state index >= 15 is 0 Å². The molecule has 0 amide bonds. The van der Waals surface area contributed by atoms with Crippen molar-refractivity contribution in [1.82, 2.24) is 10.3 Å². The van der Waals surface area contributed by atoms with Crippen LogP contribution in [-0.2, 0) is 6.54 Å². The van der Waals surface area contributed by atoms with Gasteiger partial charge in [-0.1, -0.05) is 30.7 Å². The largest absolute Gasteiger partial charge is 0.383 e. The van der Waals surface area contributed by atoms with Gasteiger partial charge in [-0.15, -0.1) is 0 Å². The second-order valence-electron chi connectivity index (χ2n) is 5.89. The normalized spacial score (nSPS) is 15.4. The molecule has 1 aliphatic carbocycles. The van der Waals surface area contributed by atoms with Gasteiger partial charge in [0.1, 0.15) is 5.82 Å². The van der Waals surface area contributed by atoms with Gasteiger partial charge in [0.25, 0.3) is 0 Å². The van der Waals surface area contributed by atoms with E-state index in [-0.39, 0.29) is 5.82 Å². The Morgan fingerprint density at radius 1 is 1.21 bits per heavy atom. The smallest absolute Gasteiger partial charge is 0.128 e. The van der Waals surface area contributed by atoms with Crippen molar-refractivity contribution >= 4 is 21.6 Å². The summed E-state index contributed by atoms with van der Waals surface area (Å²) in [4.78, 5) is 4.24. The Morgan fingerprint density at radius 3 is 2.58 bits per heavy atom. The number of nitrogens with zero attached hydrogens (tertiary/aromatic N) is 1. The van der Waals surface area contributed by atoms with E-state index in [2.05, 4.69) is 26.2 Å². The molecule has 1 aliphatic rings. The maximum absolute atomic E-state index is 13.8. The van der Waals surface area contributed by atoms with Crippen molar-refractivity contribution in [3.05, 3.63) is 75.9 Å². The average molecular weight is 388 g/mol. The van der Waals surface area contributed by atoms with E-state index in [9.17, 15) is 4.39 Å². The first kappa shape index (κ1) is 16.8. The fourth-order valence-electron chi connectivity index (χ4n) is 2.69. The van der Waals surface area contributed by atoms with Gasteiger partial charge in [0, 0.05) is 24.0 Å². The van der Waals surface area contributed by atoms with E-state index < -0.39 is 0 Å². The zero-order valence-electron chi connectivity index (χ0n) is 13.2. The Bertz CT molecular complexity index is 754. The van der Waals surface area contributed by atoms with Crippen molar-refractivity contribution in [2.75, 3.05) is 0 Å². The topological polar surface area (TPSA) is 48.8 Å². The number of hydrogen-bond donors (Lipinski definition) is 2. The number of benzene rings is 1. The van der Waals surface area contributed by atoms with Crippen LogP contribution in [0.1, 0.15) is 30.5 Å². The monoisotopic (exact) mass is 387 g/mol. The Kier molecular flexibility index (Phi) is 5.41. The van der Waals surface area contributed by atoms with Crippen LogP contribution in [0.25, 0.3) is 0 Å². The maximum Gasteiger partial charge on any atom is 0.128 e. The van der Waals surface area contributed by atoms with Crippen molar-refractivity contribution in [1.29, 1.82) is 5.41 Å². The van der Waals surface area contributed by atoms with Gasteiger partial charge in [-0.25, -0.2) is 4.39 Å². The van der Waals surface area contributed by atoms with Gasteiger partial charge in [-0.05, 0) is 52.9 Å². The molecule has 1 aromatic carbocycles. The van der Waals surface area contributed by atoms with E-state index in [0.717, 1.165) is 18.5 Å². The molecule has 2 aromatic rings. The van der Waals surface area contributed by atoms with Crippen LogP contribution in [0.5, 0.6) is 0 Å². The number of allylic oxidation sites excluding steroid dienone is 2. The molecule has 5 heteroatoms. The molecule has 1 aromatic heterocycles. The Balaban J connectivity index is 1.83. The first-order valence-electron chi connectivity index (χ1n) is 8.04. The number of aromatic nitrogens is 1. The van der Waals surface area contributed by atoms with E-state index in [4.69, 9.17) is 5.41 Å². The third kappa shape index (κ3) is 3.73. The van der Waals surface area contributed by atoms with Gasteiger partial charge in [-0.2, -0.15) is 0 Å². The number of pyridine rings is 1. The summed E-state index contributed by atoms with van der Waals surface area (Å²) in [5.74, 6) is 0.170. The van der Waals surface area contributed by atoms with E-state index in [1.165, 1.54) is 12.5 Å². The van der Waals surface area contributed by atoms with Crippen LogP contribution in [0.2, 0.25) is 0 Å². The molecule has 0 bridgehead atoms. The number of halogens is 2. The molecule has 0 spiro atoms. The van der Waals surface area contributed by atoms with Crippen LogP contribution in [0.3, 0.4) is 0 Å². The summed E-state index contributed by atoms with van der Waals surface area (Å²) in [7, 11) is 0. The summed E-state index contributed by atoms with van der Waals surface area (Å²) < 4.78 is 14.6. The van der Waals surface area contributed by atoms with Crippen molar-refractivity contribution in [3.63, 3.8) is 0 Å². The van der Waals surface area contributed by atoms with Crippen molar-refractivity contribution in [2.24, 2.45) is 5.92 Å². The Labute approximate surface area is 149 Å². The minimum Gasteiger partial charge on any atom is -0.383 e. The molecule has 0 saturated heterocycles. The highest BCUT2D eigenvalue weighted by molar-refractivity contribution is 9.12. The lowest BCUT2D eigenvalue weighted by Crippen LogP contribution is -2.27. The lowest BCUT2D eigenvalue weighted by Gasteiger charge is -2.30. The molecule has 0 unspecified atom stereocenters. The molecule has 1 heterocycles. The van der Waals surface area contributed by atoms with Crippen molar-refractivity contribution in [2.45, 2.75) is 25.8 Å². The minimum atomic E-state index is -0.214. The van der Waals surface area contributed by atoms with Gasteiger partial charge in [0.05, 0.1) is 15.9 Å². The van der Waals surface area contributed by atoms with Gasteiger partial charge in [0.15, 0.2) is 0 Å². The summed E-state index contributed by atoms with van der Waals surface area (Å²) in [5, 5.41) is 11.8. The lowest BCUT2D eigenvalue weighted by atomic mass is 9.82. The Morgan fingerprint density at radius 2 is 1.96 bits per heavy atom. The zero-order chi connectivity index (χ0) is 16.9. The van der Waals surface area contributed by atoms with Gasteiger partial charge in [0.2, 0.25) is 0 Å². The number of nitrogens with one attached hydrogen (secondary N) is 2. The molecular formula is C19H19BrFN3.